The van der Waals surface area contributed by atoms with Crippen molar-refractivity contribution in [1.82, 2.24) is 14.3 Å². The van der Waals surface area contributed by atoms with Gasteiger partial charge in [0.05, 0.1) is 10.7 Å². The number of fused-ring (bicyclic) bond motifs is 1. The maximum Gasteiger partial charge on any atom is 0.350 e. The van der Waals surface area contributed by atoms with Gasteiger partial charge in [0.2, 0.25) is 0 Å². The molecule has 0 radical (unpaired) electrons. The fraction of sp³-hybridized carbons (Fsp3) is 0.375. The second-order valence-corrected chi connectivity index (χ2v) is 8.79. The lowest BCUT2D eigenvalue weighted by molar-refractivity contribution is 0.0971. The molecule has 0 aliphatic carbocycles. The van der Waals surface area contributed by atoms with Crippen LogP contribution in [0.15, 0.2) is 35.1 Å². The van der Waals surface area contributed by atoms with E-state index in [1.54, 1.807) is 6.92 Å². The maximum atomic E-state index is 15.3. The average molecular weight is 491 g/mol. The van der Waals surface area contributed by atoms with Crippen LogP contribution < -0.4 is 10.6 Å². The van der Waals surface area contributed by atoms with Gasteiger partial charge in [0.25, 0.3) is 5.91 Å². The first kappa shape index (κ1) is 24.1. The van der Waals surface area contributed by atoms with Crippen LogP contribution in [0.25, 0.3) is 5.69 Å². The number of benzene rings is 2. The van der Waals surface area contributed by atoms with Crippen molar-refractivity contribution in [2.45, 2.75) is 46.3 Å². The molecular weight excluding hydrogens is 466 g/mol. The minimum Gasteiger partial charge on any atom is -0.388 e. The average Bonchev–Trinajstić information content (AvgIpc) is 3.14. The highest BCUT2D eigenvalue weighted by Gasteiger charge is 2.37. The third-order valence-electron chi connectivity index (χ3n) is 6.54. The molecule has 2 heterocycles. The fourth-order valence-corrected chi connectivity index (χ4v) is 4.76. The van der Waals surface area contributed by atoms with Gasteiger partial charge in [-0.1, -0.05) is 37.9 Å². The Morgan fingerprint density at radius 2 is 1.94 bits per heavy atom. The van der Waals surface area contributed by atoms with Gasteiger partial charge in [-0.25, -0.2) is 13.6 Å². The summed E-state index contributed by atoms with van der Waals surface area (Å²) in [5.74, 6) is -2.15. The highest BCUT2D eigenvalue weighted by atomic mass is 35.5. The molecule has 7 nitrogen and oxygen atoms in total. The van der Waals surface area contributed by atoms with E-state index in [1.165, 1.54) is 33.7 Å². The smallest absolute Gasteiger partial charge is 0.350 e. The molecule has 1 aromatic heterocycles. The van der Waals surface area contributed by atoms with Crippen molar-refractivity contribution in [1.29, 1.82) is 0 Å². The fourth-order valence-electron chi connectivity index (χ4n) is 4.49. The number of anilines is 1. The van der Waals surface area contributed by atoms with E-state index in [-0.39, 0.29) is 52.7 Å². The molecule has 0 spiro atoms. The molecule has 0 saturated heterocycles. The van der Waals surface area contributed by atoms with Gasteiger partial charge in [0, 0.05) is 24.6 Å². The number of carbonyl (C=O) groups excluding carboxylic acids is 1. The Labute approximate surface area is 200 Å². The van der Waals surface area contributed by atoms with Crippen molar-refractivity contribution in [3.8, 4) is 5.69 Å². The van der Waals surface area contributed by atoms with Crippen LogP contribution in [0.5, 0.6) is 0 Å². The van der Waals surface area contributed by atoms with Gasteiger partial charge in [0.1, 0.15) is 23.9 Å². The molecule has 1 N–H and O–H groups in total. The third-order valence-corrected chi connectivity index (χ3v) is 6.84. The molecule has 0 bridgehead atoms. The summed E-state index contributed by atoms with van der Waals surface area (Å²) in [6.45, 7) is 5.63. The van der Waals surface area contributed by atoms with Crippen LogP contribution in [0.4, 0.5) is 14.5 Å². The van der Waals surface area contributed by atoms with Crippen LogP contribution >= 0.6 is 11.6 Å². The van der Waals surface area contributed by atoms with Crippen molar-refractivity contribution < 1.29 is 18.7 Å². The van der Waals surface area contributed by atoms with Gasteiger partial charge in [-0.2, -0.15) is 4.68 Å². The minimum absolute atomic E-state index is 0.0388. The highest BCUT2D eigenvalue weighted by Crippen LogP contribution is 2.41. The number of aliphatic hydroxyl groups is 1. The number of para-hydroxylation sites is 1. The molecule has 3 aromatic rings. The van der Waals surface area contributed by atoms with E-state index in [9.17, 15) is 19.1 Å². The van der Waals surface area contributed by atoms with Crippen molar-refractivity contribution in [2.24, 2.45) is 5.92 Å². The van der Waals surface area contributed by atoms with Gasteiger partial charge < -0.3 is 10.0 Å². The lowest BCUT2D eigenvalue weighted by Gasteiger charge is -2.37. The van der Waals surface area contributed by atoms with Crippen LogP contribution in [-0.4, -0.2) is 31.9 Å². The summed E-state index contributed by atoms with van der Waals surface area (Å²) in [5.41, 5.74) is -0.0925. The SMILES string of the molecule is CC[C@@H](C)[C@H]1CN(c2c(F)cccc2Cl)C(=O)c2cc(F)c(-n3nc(CO)n(CC)c3=O)cc21. The standard InChI is InChI=1S/C24H25ClF2N4O3/c1-4-13(3)16-11-30(22-17(25)7-6-8-18(22)26)23(33)15-9-19(27)20(10-14(15)16)31-24(34)29(5-2)21(12-32)28-31/h6-10,13,16,32H,4-5,11-12H2,1-3H3/t13-,16-/m1/s1. The second kappa shape index (κ2) is 9.31. The van der Waals surface area contributed by atoms with Gasteiger partial charge in [0.15, 0.2) is 5.82 Å². The first-order valence-corrected chi connectivity index (χ1v) is 11.5. The number of carbonyl (C=O) groups is 1. The minimum atomic E-state index is -0.830. The molecule has 1 amide bonds. The summed E-state index contributed by atoms with van der Waals surface area (Å²) in [5, 5.41) is 13.7. The highest BCUT2D eigenvalue weighted by molar-refractivity contribution is 6.34. The Kier molecular flexibility index (Phi) is 6.60. The summed E-state index contributed by atoms with van der Waals surface area (Å²) in [6, 6.07) is 6.71. The predicted octanol–water partition coefficient (Wildman–Crippen LogP) is 4.27. The normalized spacial score (nSPS) is 16.6. The van der Waals surface area contributed by atoms with Gasteiger partial charge in [-0.3, -0.25) is 9.36 Å². The number of hydrogen-bond donors (Lipinski definition) is 1. The number of hydrogen-bond acceptors (Lipinski definition) is 4. The largest absolute Gasteiger partial charge is 0.388 e. The first-order chi connectivity index (χ1) is 16.2. The molecule has 180 valence electrons. The van der Waals surface area contributed by atoms with Crippen molar-refractivity contribution in [3.05, 3.63) is 74.4 Å². The molecule has 1 aliphatic heterocycles. The Bertz CT molecular complexity index is 1300. The van der Waals surface area contributed by atoms with Crippen LogP contribution in [0.3, 0.4) is 0 Å². The topological polar surface area (TPSA) is 80.4 Å². The number of aliphatic hydroxyl groups excluding tert-OH is 1. The molecule has 0 saturated carbocycles. The lowest BCUT2D eigenvalue weighted by Crippen LogP contribution is -2.42. The van der Waals surface area contributed by atoms with Crippen LogP contribution in [-0.2, 0) is 13.2 Å². The first-order valence-electron chi connectivity index (χ1n) is 11.1. The van der Waals surface area contributed by atoms with E-state index < -0.39 is 29.8 Å². The van der Waals surface area contributed by atoms with Crippen molar-refractivity contribution in [3.63, 3.8) is 0 Å². The number of aromatic nitrogens is 3. The van der Waals surface area contributed by atoms with E-state index in [4.69, 9.17) is 11.6 Å². The maximum absolute atomic E-state index is 15.3. The number of amides is 1. The molecule has 2 atom stereocenters. The van der Waals surface area contributed by atoms with E-state index in [2.05, 4.69) is 5.10 Å². The van der Waals surface area contributed by atoms with E-state index in [0.29, 0.717) is 5.56 Å². The second-order valence-electron chi connectivity index (χ2n) is 8.38. The van der Waals surface area contributed by atoms with Crippen molar-refractivity contribution in [2.75, 3.05) is 11.4 Å². The van der Waals surface area contributed by atoms with E-state index >= 15 is 4.39 Å². The molecular formula is C24H25ClF2N4O3. The number of halogens is 3. The lowest BCUT2D eigenvalue weighted by atomic mass is 9.79. The van der Waals surface area contributed by atoms with Crippen LogP contribution in [0.2, 0.25) is 5.02 Å². The zero-order chi connectivity index (χ0) is 24.7. The zero-order valence-electron chi connectivity index (χ0n) is 19.1. The Morgan fingerprint density at radius 3 is 2.53 bits per heavy atom. The molecule has 0 fully saturated rings. The predicted molar refractivity (Wildman–Crippen MR) is 125 cm³/mol. The molecule has 4 rings (SSSR count). The number of rotatable bonds is 6. The zero-order valence-corrected chi connectivity index (χ0v) is 19.8. The molecule has 10 heteroatoms. The molecule has 1 aliphatic rings. The molecule has 0 unspecified atom stereocenters. The van der Waals surface area contributed by atoms with Crippen molar-refractivity contribution >= 4 is 23.2 Å². The summed E-state index contributed by atoms with van der Waals surface area (Å²) >= 11 is 6.24. The Hall–Kier alpha value is -3.04. The third kappa shape index (κ3) is 3.82. The van der Waals surface area contributed by atoms with E-state index in [1.807, 2.05) is 13.8 Å². The molecule has 34 heavy (non-hydrogen) atoms. The van der Waals surface area contributed by atoms with Crippen LogP contribution in [0.1, 0.15) is 54.9 Å². The number of nitrogens with zero attached hydrogens (tertiary/aromatic N) is 4. The van der Waals surface area contributed by atoms with E-state index in [0.717, 1.165) is 17.2 Å². The van der Waals surface area contributed by atoms with Gasteiger partial charge in [-0.05, 0) is 42.7 Å². The summed E-state index contributed by atoms with van der Waals surface area (Å²) < 4.78 is 32.2. The Balaban J connectivity index is 1.91. The monoisotopic (exact) mass is 490 g/mol. The van der Waals surface area contributed by atoms with Gasteiger partial charge >= 0.3 is 5.69 Å². The summed E-state index contributed by atoms with van der Waals surface area (Å²) in [4.78, 5) is 27.5. The van der Waals surface area contributed by atoms with Crippen LogP contribution in [0, 0.1) is 17.6 Å². The Morgan fingerprint density at radius 1 is 1.21 bits per heavy atom. The quantitative estimate of drug-likeness (QED) is 0.559. The summed E-state index contributed by atoms with van der Waals surface area (Å²) in [7, 11) is 0. The molecule has 2 aromatic carbocycles. The summed E-state index contributed by atoms with van der Waals surface area (Å²) in [6.07, 6.45) is 0.753. The van der Waals surface area contributed by atoms with Gasteiger partial charge in [-0.15, -0.1) is 5.10 Å².